The molecule has 120 valence electrons. The van der Waals surface area contributed by atoms with Crippen molar-refractivity contribution in [2.75, 3.05) is 0 Å². The lowest BCUT2D eigenvalue weighted by molar-refractivity contribution is -0.203. The molecule has 3 aliphatic rings. The Kier molecular flexibility index (Phi) is 2.91. The van der Waals surface area contributed by atoms with Gasteiger partial charge < -0.3 is 9.74 Å². The van der Waals surface area contributed by atoms with Crippen molar-refractivity contribution in [3.8, 4) is 0 Å². The van der Waals surface area contributed by atoms with Crippen LogP contribution in [-0.2, 0) is 33.9 Å². The third-order valence-corrected chi connectivity index (χ3v) is 7.19. The van der Waals surface area contributed by atoms with E-state index in [-0.39, 0.29) is 19.3 Å². The maximum absolute atomic E-state index is 12.4. The van der Waals surface area contributed by atoms with Gasteiger partial charge in [0, 0.05) is 12.8 Å². The quantitative estimate of drug-likeness (QED) is 0.457. The summed E-state index contributed by atoms with van der Waals surface area (Å²) in [5.74, 6) is -2.89. The maximum atomic E-state index is 12.4. The summed E-state index contributed by atoms with van der Waals surface area (Å²) in [5.41, 5.74) is 0. The fraction of sp³-hybridized carbons (Fsp3) is 0.667. The van der Waals surface area contributed by atoms with Crippen LogP contribution in [0.3, 0.4) is 0 Å². The summed E-state index contributed by atoms with van der Waals surface area (Å²) in [5, 5.41) is -0.694. The van der Waals surface area contributed by atoms with Crippen LogP contribution in [0.15, 0.2) is 0 Å². The summed E-state index contributed by atoms with van der Waals surface area (Å²) in [7, 11) is -3.74. The number of sulfone groups is 1. The molecule has 0 aromatic carbocycles. The van der Waals surface area contributed by atoms with Crippen molar-refractivity contribution in [3.05, 3.63) is 0 Å². The fourth-order valence-corrected chi connectivity index (χ4v) is 5.13. The average Bonchev–Trinajstić information content (AvgIpc) is 2.77. The van der Waals surface area contributed by atoms with Crippen molar-refractivity contribution in [1.29, 1.82) is 0 Å². The van der Waals surface area contributed by atoms with Crippen LogP contribution in [0.1, 0.15) is 33.1 Å². The van der Waals surface area contributed by atoms with Gasteiger partial charge in [-0.3, -0.25) is 14.4 Å². The topological polar surface area (TPSA) is 118 Å². The zero-order chi connectivity index (χ0) is 16.4. The first kappa shape index (κ1) is 14.9. The number of nitrogens with zero attached hydrogens (tertiary/aromatic N) is 2. The molecule has 3 rings (SSSR count). The lowest BCUT2D eigenvalue weighted by atomic mass is 9.98. The summed E-state index contributed by atoms with van der Waals surface area (Å²) >= 11 is 0. The maximum Gasteiger partial charge on any atom is 0.357 e. The second kappa shape index (κ2) is 4.28. The lowest BCUT2D eigenvalue weighted by Crippen LogP contribution is -2.58. The van der Waals surface area contributed by atoms with Gasteiger partial charge in [0.25, 0.3) is 11.8 Å². The van der Waals surface area contributed by atoms with Crippen LogP contribution in [0.2, 0.25) is 0 Å². The number of fused-ring (bicyclic) bond motifs is 1. The summed E-state index contributed by atoms with van der Waals surface area (Å²) in [6, 6.07) is -1.37. The monoisotopic (exact) mass is 330 g/mol. The molecule has 2 unspecified atom stereocenters. The van der Waals surface area contributed by atoms with E-state index in [1.54, 1.807) is 0 Å². The number of amides is 3. The van der Waals surface area contributed by atoms with E-state index in [0.717, 1.165) is 4.90 Å². The van der Waals surface area contributed by atoms with E-state index >= 15 is 0 Å². The van der Waals surface area contributed by atoms with Gasteiger partial charge in [0.1, 0.15) is 10.1 Å². The Morgan fingerprint density at radius 1 is 1.14 bits per heavy atom. The Labute approximate surface area is 126 Å². The zero-order valence-electron chi connectivity index (χ0n) is 11.9. The molecule has 0 aromatic rings. The highest BCUT2D eigenvalue weighted by Crippen LogP contribution is 2.46. The van der Waals surface area contributed by atoms with Gasteiger partial charge in [0.15, 0.2) is 15.9 Å². The number of carbonyl (C=O) groups is 4. The van der Waals surface area contributed by atoms with Crippen LogP contribution < -0.4 is 0 Å². The van der Waals surface area contributed by atoms with E-state index in [1.807, 2.05) is 0 Å². The van der Waals surface area contributed by atoms with Crippen LogP contribution in [-0.4, -0.2) is 58.2 Å². The lowest BCUT2D eigenvalue weighted by Gasteiger charge is -2.36. The highest BCUT2D eigenvalue weighted by molar-refractivity contribution is 7.93. The van der Waals surface area contributed by atoms with Gasteiger partial charge in [0.2, 0.25) is 5.91 Å². The number of hydroxylamine groups is 2. The first-order chi connectivity index (χ1) is 10.1. The predicted octanol–water partition coefficient (Wildman–Crippen LogP) is -1.27. The molecule has 0 aliphatic carbocycles. The average molecular weight is 330 g/mol. The number of hydrogen-bond acceptors (Lipinski definition) is 7. The van der Waals surface area contributed by atoms with Crippen molar-refractivity contribution in [3.63, 3.8) is 0 Å². The molecule has 3 aliphatic heterocycles. The molecule has 0 saturated carbocycles. The fourth-order valence-electron chi connectivity index (χ4n) is 3.01. The van der Waals surface area contributed by atoms with Crippen molar-refractivity contribution >= 4 is 33.5 Å². The van der Waals surface area contributed by atoms with E-state index in [2.05, 4.69) is 0 Å². The molecular weight excluding hydrogens is 316 g/mol. The highest BCUT2D eigenvalue weighted by atomic mass is 32.2. The Balaban J connectivity index is 1.90. The molecule has 3 amide bonds. The molecule has 22 heavy (non-hydrogen) atoms. The Bertz CT molecular complexity index is 695. The smallest absolute Gasteiger partial charge is 0.328 e. The second-order valence-corrected chi connectivity index (χ2v) is 8.69. The van der Waals surface area contributed by atoms with Crippen LogP contribution >= 0.6 is 0 Å². The molecule has 9 nitrogen and oxygen atoms in total. The van der Waals surface area contributed by atoms with Crippen molar-refractivity contribution in [2.45, 2.75) is 49.3 Å². The minimum atomic E-state index is -3.74. The molecule has 3 heterocycles. The summed E-state index contributed by atoms with van der Waals surface area (Å²) < 4.78 is 23.2. The summed E-state index contributed by atoms with van der Waals surface area (Å²) in [6.07, 6.45) is -0.301. The van der Waals surface area contributed by atoms with Crippen LogP contribution in [0.25, 0.3) is 0 Å². The van der Waals surface area contributed by atoms with E-state index in [0.29, 0.717) is 5.06 Å². The molecule has 2 atom stereocenters. The van der Waals surface area contributed by atoms with Gasteiger partial charge in [-0.2, -0.15) is 0 Å². The minimum absolute atomic E-state index is 0.0657. The second-order valence-electron chi connectivity index (χ2n) is 6.00. The third-order valence-electron chi connectivity index (χ3n) is 4.39. The van der Waals surface area contributed by atoms with Crippen molar-refractivity contribution < 1.29 is 32.4 Å². The molecule has 3 fully saturated rings. The predicted molar refractivity (Wildman–Crippen MR) is 69.2 cm³/mol. The van der Waals surface area contributed by atoms with Gasteiger partial charge in [-0.1, -0.05) is 0 Å². The normalized spacial score (nSPS) is 32.0. The summed E-state index contributed by atoms with van der Waals surface area (Å²) in [4.78, 5) is 52.7. The van der Waals surface area contributed by atoms with Crippen LogP contribution in [0.4, 0.5) is 0 Å². The largest absolute Gasteiger partial charge is 0.357 e. The standard InChI is InChI=1S/C12H14N2O7S/c1-12(2)10(13-8(17)5-9(13)22(12,19)20)11(18)21-14-6(15)3-4-7(14)16/h9-10H,3-5H2,1-2H3. The van der Waals surface area contributed by atoms with Gasteiger partial charge in [-0.15, -0.1) is 5.06 Å². The molecule has 0 spiro atoms. The molecule has 0 aromatic heterocycles. The Morgan fingerprint density at radius 2 is 1.68 bits per heavy atom. The van der Waals surface area contributed by atoms with Gasteiger partial charge in [-0.05, 0) is 13.8 Å². The zero-order valence-corrected chi connectivity index (χ0v) is 12.8. The van der Waals surface area contributed by atoms with Gasteiger partial charge in [-0.25, -0.2) is 13.2 Å². The SMILES string of the molecule is CC1(C)C(C(=O)ON2C(=O)CCC2=O)N2C(=O)CC2S1(=O)=O. The van der Waals surface area contributed by atoms with Crippen molar-refractivity contribution in [2.24, 2.45) is 0 Å². The third kappa shape index (κ3) is 1.67. The molecule has 0 radical (unpaired) electrons. The number of hydrogen-bond donors (Lipinski definition) is 0. The number of β-lactam (4-membered cyclic amide) rings is 1. The molecule has 0 N–H and O–H groups in total. The minimum Gasteiger partial charge on any atom is -0.328 e. The molecule has 3 saturated heterocycles. The molecule has 10 heteroatoms. The summed E-state index contributed by atoms with van der Waals surface area (Å²) in [6.45, 7) is 2.65. The van der Waals surface area contributed by atoms with Crippen molar-refractivity contribution in [1.82, 2.24) is 9.96 Å². The van der Waals surface area contributed by atoms with E-state index in [4.69, 9.17) is 4.84 Å². The molecular formula is C12H14N2O7S. The van der Waals surface area contributed by atoms with Gasteiger partial charge >= 0.3 is 5.97 Å². The highest BCUT2D eigenvalue weighted by Gasteiger charge is 2.68. The Morgan fingerprint density at radius 3 is 2.18 bits per heavy atom. The molecule has 0 bridgehead atoms. The van der Waals surface area contributed by atoms with Crippen LogP contribution in [0.5, 0.6) is 0 Å². The van der Waals surface area contributed by atoms with Crippen LogP contribution in [0, 0.1) is 0 Å². The number of rotatable bonds is 2. The van der Waals surface area contributed by atoms with E-state index < -0.39 is 49.7 Å². The number of imide groups is 1. The van der Waals surface area contributed by atoms with E-state index in [1.165, 1.54) is 13.8 Å². The van der Waals surface area contributed by atoms with E-state index in [9.17, 15) is 27.6 Å². The Hall–Kier alpha value is -1.97. The van der Waals surface area contributed by atoms with Gasteiger partial charge in [0.05, 0.1) is 6.42 Å². The number of carbonyl (C=O) groups excluding carboxylic acids is 4. The first-order valence-electron chi connectivity index (χ1n) is 6.71. The first-order valence-corrected chi connectivity index (χ1v) is 8.26.